The molecule has 88 valence electrons. The molecule has 6 nitrogen and oxygen atoms in total. The van der Waals surface area contributed by atoms with Crippen molar-refractivity contribution in [2.75, 3.05) is 18.1 Å². The molecule has 2 rings (SSSR count). The number of nitrogens with two attached hydrogens (primary N) is 1. The number of nitrogens with zero attached hydrogens (tertiary/aromatic N) is 4. The van der Waals surface area contributed by atoms with E-state index in [2.05, 4.69) is 26.8 Å². The fourth-order valence-corrected chi connectivity index (χ4v) is 1.56. The van der Waals surface area contributed by atoms with Gasteiger partial charge in [0.2, 0.25) is 0 Å². The van der Waals surface area contributed by atoms with Crippen LogP contribution in [0.5, 0.6) is 0 Å². The van der Waals surface area contributed by atoms with Gasteiger partial charge in [0, 0.05) is 19.4 Å². The summed E-state index contributed by atoms with van der Waals surface area (Å²) in [5.74, 6) is 0.698. The van der Waals surface area contributed by atoms with Gasteiger partial charge < -0.3 is 15.6 Å². The van der Waals surface area contributed by atoms with Crippen LogP contribution in [0.1, 0.15) is 5.69 Å². The summed E-state index contributed by atoms with van der Waals surface area (Å²) in [7, 11) is 1.69. The molecule has 0 saturated carbocycles. The summed E-state index contributed by atoms with van der Waals surface area (Å²) in [6.07, 6.45) is 4.98. The summed E-state index contributed by atoms with van der Waals surface area (Å²) >= 11 is 5.95. The maximum Gasteiger partial charge on any atom is 0.172 e. The molecule has 17 heavy (non-hydrogen) atoms. The molecule has 0 aliphatic carbocycles. The van der Waals surface area contributed by atoms with E-state index in [1.807, 2.05) is 0 Å². The highest BCUT2D eigenvalue weighted by Gasteiger charge is 2.12. The predicted octanol–water partition coefficient (Wildman–Crippen LogP) is 1.47. The Kier molecular flexibility index (Phi) is 2.97. The van der Waals surface area contributed by atoms with Gasteiger partial charge >= 0.3 is 0 Å². The lowest BCUT2D eigenvalue weighted by Crippen LogP contribution is -2.07. The maximum absolute atomic E-state index is 5.95. The Bertz CT molecular complexity index is 548. The summed E-state index contributed by atoms with van der Waals surface area (Å²) < 4.78 is 1.69. The molecule has 0 bridgehead atoms. The highest BCUT2D eigenvalue weighted by molar-refractivity contribution is 6.31. The minimum absolute atomic E-state index is 0.248. The first kappa shape index (κ1) is 11.4. The van der Waals surface area contributed by atoms with E-state index in [0.717, 1.165) is 0 Å². The topological polar surface area (TPSA) is 81.6 Å². The molecule has 0 atom stereocenters. The van der Waals surface area contributed by atoms with Crippen molar-refractivity contribution in [3.05, 3.63) is 36.1 Å². The van der Waals surface area contributed by atoms with E-state index in [1.54, 1.807) is 30.3 Å². The number of hydrogen-bond acceptors (Lipinski definition) is 5. The number of halogens is 1. The molecule has 0 spiro atoms. The number of rotatable bonds is 3. The fraction of sp³-hybridized carbons (Fsp3) is 0.100. The maximum atomic E-state index is 5.95. The molecule has 2 aromatic heterocycles. The monoisotopic (exact) mass is 250 g/mol. The molecule has 0 aliphatic heterocycles. The number of aromatic nitrogens is 4. The molecule has 0 saturated heterocycles. The Hall–Kier alpha value is -2.08. The van der Waals surface area contributed by atoms with E-state index < -0.39 is 0 Å². The van der Waals surface area contributed by atoms with Gasteiger partial charge in [-0.25, -0.2) is 15.0 Å². The fourth-order valence-electron chi connectivity index (χ4n) is 1.34. The Morgan fingerprint density at radius 3 is 2.88 bits per heavy atom. The quantitative estimate of drug-likeness (QED) is 0.862. The molecule has 0 aliphatic rings. The zero-order valence-corrected chi connectivity index (χ0v) is 9.94. The van der Waals surface area contributed by atoms with Gasteiger partial charge in [0.25, 0.3) is 0 Å². The first-order valence-electron chi connectivity index (χ1n) is 4.82. The largest absolute Gasteiger partial charge is 0.382 e. The number of imidazole rings is 1. The van der Waals surface area contributed by atoms with Crippen LogP contribution in [0.25, 0.3) is 5.70 Å². The summed E-state index contributed by atoms with van der Waals surface area (Å²) in [5.41, 5.74) is 6.81. The number of anilines is 2. The van der Waals surface area contributed by atoms with Crippen LogP contribution in [0.15, 0.2) is 25.3 Å². The molecule has 0 unspecified atom stereocenters. The lowest BCUT2D eigenvalue weighted by molar-refractivity contribution is 1.05. The zero-order valence-electron chi connectivity index (χ0n) is 9.18. The highest BCUT2D eigenvalue weighted by Crippen LogP contribution is 2.24. The van der Waals surface area contributed by atoms with E-state index in [-0.39, 0.29) is 11.0 Å². The number of nitrogen functional groups attached to an aromatic ring is 1. The average molecular weight is 251 g/mol. The lowest BCUT2D eigenvalue weighted by Gasteiger charge is -2.10. The third-order valence-electron chi connectivity index (χ3n) is 2.21. The van der Waals surface area contributed by atoms with Crippen LogP contribution in [0.4, 0.5) is 11.6 Å². The van der Waals surface area contributed by atoms with Gasteiger partial charge in [-0.1, -0.05) is 18.2 Å². The standard InChI is InChI=1S/C10H11ClN6/c1-6(17-4-3-14-5-17)7-9(12)16-10(13-2)8(11)15-7/h3-5H,1H2,2H3,(H3,12,13,16). The minimum atomic E-state index is 0.248. The van der Waals surface area contributed by atoms with Crippen LogP contribution in [0.3, 0.4) is 0 Å². The van der Waals surface area contributed by atoms with Crippen molar-refractivity contribution < 1.29 is 0 Å². The van der Waals surface area contributed by atoms with Gasteiger partial charge in [0.1, 0.15) is 5.69 Å². The molecular formula is C10H11ClN6. The van der Waals surface area contributed by atoms with Gasteiger partial charge in [-0.05, 0) is 0 Å². The highest BCUT2D eigenvalue weighted by atomic mass is 35.5. The van der Waals surface area contributed by atoms with Gasteiger partial charge in [-0.15, -0.1) is 0 Å². The second kappa shape index (κ2) is 4.42. The molecule has 2 heterocycles. The lowest BCUT2D eigenvalue weighted by atomic mass is 10.3. The van der Waals surface area contributed by atoms with E-state index in [4.69, 9.17) is 17.3 Å². The van der Waals surface area contributed by atoms with Crippen molar-refractivity contribution in [2.45, 2.75) is 0 Å². The van der Waals surface area contributed by atoms with Crippen LogP contribution >= 0.6 is 11.6 Å². The molecule has 0 fully saturated rings. The van der Waals surface area contributed by atoms with Crippen molar-refractivity contribution in [3.8, 4) is 0 Å². The van der Waals surface area contributed by atoms with Gasteiger partial charge in [-0.3, -0.25) is 0 Å². The predicted molar refractivity (Wildman–Crippen MR) is 67.7 cm³/mol. The van der Waals surface area contributed by atoms with Crippen LogP contribution in [-0.4, -0.2) is 26.6 Å². The summed E-state index contributed by atoms with van der Waals surface area (Å²) in [6.45, 7) is 3.89. The SMILES string of the molecule is C=C(c1nc(Cl)c(NC)nc1N)n1ccnc1. The molecule has 3 N–H and O–H groups in total. The van der Waals surface area contributed by atoms with Crippen molar-refractivity contribution >= 4 is 28.9 Å². The molecule has 2 aromatic rings. The first-order chi connectivity index (χ1) is 8.13. The number of nitrogens with one attached hydrogen (secondary N) is 1. The summed E-state index contributed by atoms with van der Waals surface area (Å²) in [5, 5.41) is 3.05. The third kappa shape index (κ3) is 2.07. The Morgan fingerprint density at radius 2 is 2.29 bits per heavy atom. The minimum Gasteiger partial charge on any atom is -0.382 e. The molecule has 0 amide bonds. The van der Waals surface area contributed by atoms with E-state index in [1.165, 1.54) is 0 Å². The van der Waals surface area contributed by atoms with Crippen molar-refractivity contribution in [1.82, 2.24) is 19.5 Å². The van der Waals surface area contributed by atoms with Crippen LogP contribution < -0.4 is 11.1 Å². The molecular weight excluding hydrogens is 240 g/mol. The summed E-state index contributed by atoms with van der Waals surface area (Å²) in [6, 6.07) is 0. The Labute approximate surface area is 103 Å². The van der Waals surface area contributed by atoms with Gasteiger partial charge in [0.15, 0.2) is 16.8 Å². The van der Waals surface area contributed by atoms with Crippen molar-refractivity contribution in [3.63, 3.8) is 0 Å². The molecule has 0 aromatic carbocycles. The number of hydrogen-bond donors (Lipinski definition) is 2. The van der Waals surface area contributed by atoms with Gasteiger partial charge in [-0.2, -0.15) is 0 Å². The summed E-state index contributed by atoms with van der Waals surface area (Å²) in [4.78, 5) is 12.2. The third-order valence-corrected chi connectivity index (χ3v) is 2.47. The van der Waals surface area contributed by atoms with Crippen LogP contribution in [0, 0.1) is 0 Å². The molecule has 0 radical (unpaired) electrons. The first-order valence-corrected chi connectivity index (χ1v) is 5.19. The van der Waals surface area contributed by atoms with E-state index >= 15 is 0 Å². The second-order valence-corrected chi connectivity index (χ2v) is 3.62. The zero-order chi connectivity index (χ0) is 12.4. The van der Waals surface area contributed by atoms with Crippen LogP contribution in [0.2, 0.25) is 5.15 Å². The van der Waals surface area contributed by atoms with Gasteiger partial charge in [0.05, 0.1) is 12.0 Å². The normalized spacial score (nSPS) is 10.2. The van der Waals surface area contributed by atoms with E-state index in [9.17, 15) is 0 Å². The Morgan fingerprint density at radius 1 is 1.53 bits per heavy atom. The van der Waals surface area contributed by atoms with Crippen molar-refractivity contribution in [1.29, 1.82) is 0 Å². The Balaban J connectivity index is 2.46. The smallest absolute Gasteiger partial charge is 0.172 e. The second-order valence-electron chi connectivity index (χ2n) is 3.26. The van der Waals surface area contributed by atoms with Crippen molar-refractivity contribution in [2.24, 2.45) is 0 Å². The molecule has 7 heteroatoms. The van der Waals surface area contributed by atoms with E-state index in [0.29, 0.717) is 17.2 Å². The average Bonchev–Trinajstić information content (AvgIpc) is 2.84. The van der Waals surface area contributed by atoms with Crippen LogP contribution in [-0.2, 0) is 0 Å².